The molecule has 1 fully saturated rings. The fourth-order valence-corrected chi connectivity index (χ4v) is 5.85. The van der Waals surface area contributed by atoms with Gasteiger partial charge in [0.05, 0.1) is 11.2 Å². The first kappa shape index (κ1) is 31.2. The first-order chi connectivity index (χ1) is 19.7. The van der Waals surface area contributed by atoms with Crippen LogP contribution in [0, 0.1) is 5.82 Å². The zero-order valence-electron chi connectivity index (χ0n) is 22.6. The molecule has 226 valence electrons. The number of carbonyl (C=O) groups is 2. The molecule has 1 amide bonds. The lowest BCUT2D eigenvalue weighted by Gasteiger charge is -2.17. The minimum atomic E-state index is -5.33. The van der Waals surface area contributed by atoms with Gasteiger partial charge < -0.3 is 15.0 Å². The molecule has 9 nitrogen and oxygen atoms in total. The van der Waals surface area contributed by atoms with E-state index in [0.717, 1.165) is 43.9 Å². The predicted octanol–water partition coefficient (Wildman–Crippen LogP) is 5.59. The van der Waals surface area contributed by atoms with Crippen molar-refractivity contribution in [3.8, 4) is 11.1 Å². The van der Waals surface area contributed by atoms with Gasteiger partial charge in [0, 0.05) is 29.7 Å². The maximum Gasteiger partial charge on any atom is 0.471 e. The van der Waals surface area contributed by atoms with Gasteiger partial charge in [-0.05, 0) is 49.1 Å². The summed E-state index contributed by atoms with van der Waals surface area (Å²) in [7, 11) is -4.37. The van der Waals surface area contributed by atoms with Gasteiger partial charge in [-0.15, -0.1) is 0 Å². The van der Waals surface area contributed by atoms with Crippen LogP contribution in [0.3, 0.4) is 0 Å². The highest BCUT2D eigenvalue weighted by Crippen LogP contribution is 2.39. The summed E-state index contributed by atoms with van der Waals surface area (Å²) in [5, 5.41) is 10.8. The maximum atomic E-state index is 15.4. The highest BCUT2D eigenvalue weighted by Gasteiger charge is 2.39. The molecular weight excluding hydrogens is 582 g/mol. The van der Waals surface area contributed by atoms with Crippen molar-refractivity contribution in [2.75, 3.05) is 11.9 Å². The van der Waals surface area contributed by atoms with Gasteiger partial charge in [-0.25, -0.2) is 22.3 Å². The number of carbonyl (C=O) groups excluding carboxylic acids is 1. The molecule has 1 aliphatic carbocycles. The van der Waals surface area contributed by atoms with Gasteiger partial charge in [-0.2, -0.15) is 13.2 Å². The first-order valence-electron chi connectivity index (χ1n) is 13.4. The number of carboxylic acids is 1. The van der Waals surface area contributed by atoms with Gasteiger partial charge in [0.25, 0.3) is 0 Å². The lowest BCUT2D eigenvalue weighted by molar-refractivity contribution is -0.167. The molecule has 4 rings (SSSR count). The van der Waals surface area contributed by atoms with E-state index in [4.69, 9.17) is 0 Å². The lowest BCUT2D eigenvalue weighted by atomic mass is 10.0. The fraction of sp³-hybridized carbons (Fsp3) is 0.393. The van der Waals surface area contributed by atoms with E-state index in [2.05, 4.69) is 4.72 Å². The SMILES string of the molecule is CCCCCCCNS(=O)(=O)c1ccc(-c2cc3c(cc2F)c(=O)c(C(=O)O)cn3C2CC2)cc1NC(=O)C(F)(F)F. The second-order valence-electron chi connectivity index (χ2n) is 10.1. The van der Waals surface area contributed by atoms with E-state index in [1.807, 2.05) is 6.92 Å². The van der Waals surface area contributed by atoms with E-state index >= 15 is 4.39 Å². The highest BCUT2D eigenvalue weighted by molar-refractivity contribution is 7.89. The molecule has 1 aromatic heterocycles. The van der Waals surface area contributed by atoms with Crippen LogP contribution in [0.2, 0.25) is 0 Å². The monoisotopic (exact) mass is 611 g/mol. The highest BCUT2D eigenvalue weighted by atomic mass is 32.2. The molecule has 1 aliphatic rings. The van der Waals surface area contributed by atoms with Crippen molar-refractivity contribution in [1.82, 2.24) is 9.29 Å². The molecule has 0 spiro atoms. The normalized spacial score (nSPS) is 13.8. The number of aromatic carboxylic acids is 1. The summed E-state index contributed by atoms with van der Waals surface area (Å²) in [6.07, 6.45) is 1.31. The lowest BCUT2D eigenvalue weighted by Crippen LogP contribution is -2.32. The third-order valence-corrected chi connectivity index (χ3v) is 8.47. The number of nitrogens with one attached hydrogen (secondary N) is 2. The number of anilines is 1. The third-order valence-electron chi connectivity index (χ3n) is 6.95. The molecule has 0 aliphatic heterocycles. The van der Waals surface area contributed by atoms with E-state index in [1.54, 1.807) is 9.88 Å². The Morgan fingerprint density at radius 2 is 1.76 bits per heavy atom. The van der Waals surface area contributed by atoms with E-state index < -0.39 is 55.5 Å². The number of rotatable bonds is 12. The van der Waals surface area contributed by atoms with Crippen LogP contribution in [0.15, 0.2) is 46.2 Å². The minimum Gasteiger partial charge on any atom is -0.477 e. The largest absolute Gasteiger partial charge is 0.477 e. The zero-order chi connectivity index (χ0) is 30.8. The van der Waals surface area contributed by atoms with Crippen LogP contribution in [-0.4, -0.2) is 42.7 Å². The molecule has 42 heavy (non-hydrogen) atoms. The van der Waals surface area contributed by atoms with Crippen LogP contribution in [0.4, 0.5) is 23.2 Å². The van der Waals surface area contributed by atoms with E-state index in [1.165, 1.54) is 18.3 Å². The second-order valence-corrected chi connectivity index (χ2v) is 11.9. The standard InChI is InChI=1S/C28H29F4N3O6S/c1-2-3-4-5-6-11-33-42(40,41)24-10-7-16(12-22(24)34-27(39)28(30,31)32)18-14-23-19(13-21(18)29)25(36)20(26(37)38)15-35(23)17-8-9-17/h7,10,12-15,17,33H,2-6,8-9,11H2,1H3,(H,34,39)(H,37,38). The van der Waals surface area contributed by atoms with Crippen LogP contribution in [0.5, 0.6) is 0 Å². The molecule has 0 radical (unpaired) electrons. The average molecular weight is 612 g/mol. The number of benzene rings is 2. The second kappa shape index (κ2) is 12.2. The topological polar surface area (TPSA) is 135 Å². The number of carboxylic acid groups (broad SMARTS) is 1. The number of halogens is 4. The smallest absolute Gasteiger partial charge is 0.471 e. The zero-order valence-corrected chi connectivity index (χ0v) is 23.4. The number of amides is 1. The number of nitrogens with zero attached hydrogens (tertiary/aromatic N) is 1. The van der Waals surface area contributed by atoms with E-state index in [0.29, 0.717) is 19.3 Å². The van der Waals surface area contributed by atoms with Crippen LogP contribution in [0.1, 0.15) is 68.3 Å². The predicted molar refractivity (Wildman–Crippen MR) is 147 cm³/mol. The molecule has 3 N–H and O–H groups in total. The van der Waals surface area contributed by atoms with Crippen LogP contribution in [-0.2, 0) is 14.8 Å². The summed E-state index contributed by atoms with van der Waals surface area (Å²) in [5.41, 5.74) is -2.23. The summed E-state index contributed by atoms with van der Waals surface area (Å²) in [5.74, 6) is -4.89. The Kier molecular flexibility index (Phi) is 9.06. The van der Waals surface area contributed by atoms with Gasteiger partial charge >= 0.3 is 18.1 Å². The minimum absolute atomic E-state index is 0.0246. The Hall–Kier alpha value is -3.78. The Morgan fingerprint density at radius 3 is 2.38 bits per heavy atom. The summed E-state index contributed by atoms with van der Waals surface area (Å²) in [6.45, 7) is 2.05. The van der Waals surface area contributed by atoms with Crippen molar-refractivity contribution >= 4 is 38.5 Å². The Bertz CT molecular complexity index is 1700. The quantitative estimate of drug-likeness (QED) is 0.181. The average Bonchev–Trinajstić information content (AvgIpc) is 3.75. The van der Waals surface area contributed by atoms with Crippen molar-refractivity contribution < 1.29 is 40.7 Å². The number of hydrogen-bond donors (Lipinski definition) is 3. The third kappa shape index (κ3) is 6.81. The molecule has 3 aromatic rings. The van der Waals surface area contributed by atoms with Gasteiger partial charge in [0.15, 0.2) is 0 Å². The fourth-order valence-electron chi connectivity index (χ4n) is 4.63. The molecule has 2 aromatic carbocycles. The van der Waals surface area contributed by atoms with Crippen molar-refractivity contribution in [3.05, 3.63) is 58.1 Å². The summed E-state index contributed by atoms with van der Waals surface area (Å²) in [6, 6.07) is 5.02. The van der Waals surface area contributed by atoms with Crippen LogP contribution < -0.4 is 15.5 Å². The van der Waals surface area contributed by atoms with Gasteiger partial charge in [-0.1, -0.05) is 38.7 Å². The Labute approximate surface area is 238 Å². The Balaban J connectivity index is 1.79. The van der Waals surface area contributed by atoms with E-state index in [-0.39, 0.29) is 34.6 Å². The van der Waals surface area contributed by atoms with Gasteiger partial charge in [-0.3, -0.25) is 9.59 Å². The van der Waals surface area contributed by atoms with Crippen LogP contribution in [0.25, 0.3) is 22.0 Å². The number of unbranched alkanes of at least 4 members (excludes halogenated alkanes) is 4. The summed E-state index contributed by atoms with van der Waals surface area (Å²) < 4.78 is 84.6. The van der Waals surface area contributed by atoms with E-state index in [9.17, 15) is 41.1 Å². The molecule has 0 atom stereocenters. The molecule has 0 unspecified atom stereocenters. The molecule has 1 heterocycles. The van der Waals surface area contributed by atoms with Crippen molar-refractivity contribution in [3.63, 3.8) is 0 Å². The maximum absolute atomic E-state index is 15.4. The summed E-state index contributed by atoms with van der Waals surface area (Å²) >= 11 is 0. The number of hydrogen-bond acceptors (Lipinski definition) is 5. The summed E-state index contributed by atoms with van der Waals surface area (Å²) in [4.78, 5) is 35.5. The molecular formula is C28H29F4N3O6S. The van der Waals surface area contributed by atoms with Crippen molar-refractivity contribution in [1.29, 1.82) is 0 Å². The molecule has 14 heteroatoms. The van der Waals surface area contributed by atoms with Gasteiger partial charge in [0.2, 0.25) is 15.5 Å². The molecule has 0 saturated heterocycles. The number of aromatic nitrogens is 1. The Morgan fingerprint density at radius 1 is 1.07 bits per heavy atom. The van der Waals surface area contributed by atoms with Crippen molar-refractivity contribution in [2.24, 2.45) is 0 Å². The van der Waals surface area contributed by atoms with Gasteiger partial charge in [0.1, 0.15) is 16.3 Å². The number of alkyl halides is 3. The first-order valence-corrected chi connectivity index (χ1v) is 14.9. The van der Waals surface area contributed by atoms with Crippen molar-refractivity contribution in [2.45, 2.75) is 69.0 Å². The molecule has 1 saturated carbocycles. The number of pyridine rings is 1. The van der Waals surface area contributed by atoms with Crippen LogP contribution >= 0.6 is 0 Å². The molecule has 0 bridgehead atoms. The number of sulfonamides is 1. The number of fused-ring (bicyclic) bond motifs is 1.